The summed E-state index contributed by atoms with van der Waals surface area (Å²) in [4.78, 5) is 10.3. The van der Waals surface area contributed by atoms with Gasteiger partial charge in [0.05, 0.1) is 12.2 Å². The number of nitrogens with two attached hydrogens (primary N) is 1. The molecule has 4 nitrogen and oxygen atoms in total. The summed E-state index contributed by atoms with van der Waals surface area (Å²) in [6.07, 6.45) is 0. The number of thiazole rings is 1. The van der Waals surface area contributed by atoms with Crippen LogP contribution < -0.4 is 11.1 Å². The molecule has 0 saturated heterocycles. The second-order valence-corrected chi connectivity index (χ2v) is 6.69. The zero-order chi connectivity index (χ0) is 15.4. The number of nitrogens with zero attached hydrogens (tertiary/aromatic N) is 2. The first kappa shape index (κ1) is 15.5. The molecule has 112 valence electrons. The molecule has 1 aromatic heterocycles. The minimum atomic E-state index is 0.416. The number of aliphatic imine (C=N–C) groups is 1. The fourth-order valence-electron chi connectivity index (χ4n) is 2.13. The fourth-order valence-corrected chi connectivity index (χ4v) is 3.14. The van der Waals surface area contributed by atoms with Gasteiger partial charge in [-0.3, -0.25) is 0 Å². The van der Waals surface area contributed by atoms with Crippen LogP contribution in [-0.2, 0) is 6.54 Å². The van der Waals surface area contributed by atoms with Crippen LogP contribution in [-0.4, -0.2) is 10.9 Å². The molecule has 0 aliphatic heterocycles. The number of nitrogens with one attached hydrogen (secondary N) is 1. The van der Waals surface area contributed by atoms with Crippen molar-refractivity contribution >= 4 is 23.0 Å². The van der Waals surface area contributed by atoms with Crippen LogP contribution in [0.3, 0.4) is 0 Å². The highest BCUT2D eigenvalue weighted by atomic mass is 32.1. The van der Waals surface area contributed by atoms with Gasteiger partial charge >= 0.3 is 0 Å². The minimum Gasteiger partial charge on any atom is -0.370 e. The van der Waals surface area contributed by atoms with Crippen LogP contribution in [0, 0.1) is 13.8 Å². The van der Waals surface area contributed by atoms with Crippen molar-refractivity contribution in [2.24, 2.45) is 10.7 Å². The lowest BCUT2D eigenvalue weighted by Gasteiger charge is -2.05. The highest BCUT2D eigenvalue weighted by molar-refractivity contribution is 7.11. The predicted octanol–water partition coefficient (Wildman–Crippen LogP) is 3.81. The molecule has 0 amide bonds. The normalized spacial score (nSPS) is 12.0. The zero-order valence-electron chi connectivity index (χ0n) is 13.0. The van der Waals surface area contributed by atoms with Crippen molar-refractivity contribution in [3.63, 3.8) is 0 Å². The summed E-state index contributed by atoms with van der Waals surface area (Å²) in [5, 5.41) is 4.11. The number of benzene rings is 1. The van der Waals surface area contributed by atoms with E-state index in [-0.39, 0.29) is 0 Å². The van der Waals surface area contributed by atoms with Gasteiger partial charge in [0.25, 0.3) is 0 Å². The maximum absolute atomic E-state index is 5.92. The van der Waals surface area contributed by atoms with E-state index in [4.69, 9.17) is 5.73 Å². The van der Waals surface area contributed by atoms with Crippen LogP contribution in [0.2, 0.25) is 0 Å². The first-order valence-electron chi connectivity index (χ1n) is 7.05. The lowest BCUT2D eigenvalue weighted by atomic mass is 10.1. The number of rotatable bonds is 4. The Balaban J connectivity index is 2.02. The maximum atomic E-state index is 5.92. The number of anilines is 1. The fraction of sp³-hybridized carbons (Fsp3) is 0.375. The molecule has 2 rings (SSSR count). The van der Waals surface area contributed by atoms with E-state index in [0.29, 0.717) is 18.4 Å². The molecular weight excluding hydrogens is 280 g/mol. The monoisotopic (exact) mass is 302 g/mol. The number of hydrogen-bond acceptors (Lipinski definition) is 3. The molecule has 0 aliphatic carbocycles. The molecule has 0 atom stereocenters. The smallest absolute Gasteiger partial charge is 0.193 e. The average molecular weight is 302 g/mol. The molecule has 21 heavy (non-hydrogen) atoms. The van der Waals surface area contributed by atoms with E-state index in [1.165, 1.54) is 10.4 Å². The summed E-state index contributed by atoms with van der Waals surface area (Å²) < 4.78 is 0. The van der Waals surface area contributed by atoms with Gasteiger partial charge in [0.1, 0.15) is 5.01 Å². The topological polar surface area (TPSA) is 63.3 Å². The van der Waals surface area contributed by atoms with Crippen molar-refractivity contribution < 1.29 is 0 Å². The number of guanidine groups is 1. The molecule has 0 saturated carbocycles. The lowest BCUT2D eigenvalue weighted by molar-refractivity contribution is 0.814. The Kier molecular flexibility index (Phi) is 4.96. The summed E-state index contributed by atoms with van der Waals surface area (Å²) in [6.45, 7) is 8.98. The van der Waals surface area contributed by atoms with Gasteiger partial charge in [-0.15, -0.1) is 11.3 Å². The van der Waals surface area contributed by atoms with E-state index in [1.807, 2.05) is 31.2 Å². The molecule has 3 N–H and O–H groups in total. The first-order valence-corrected chi connectivity index (χ1v) is 7.87. The second-order valence-electron chi connectivity index (χ2n) is 5.40. The van der Waals surface area contributed by atoms with E-state index < -0.39 is 0 Å². The van der Waals surface area contributed by atoms with Gasteiger partial charge in [-0.25, -0.2) is 9.98 Å². The van der Waals surface area contributed by atoms with Crippen LogP contribution in [0.4, 0.5) is 5.69 Å². The first-order chi connectivity index (χ1) is 9.95. The largest absolute Gasteiger partial charge is 0.370 e. The molecule has 1 aromatic carbocycles. The van der Waals surface area contributed by atoms with Crippen molar-refractivity contribution in [2.45, 2.75) is 40.2 Å². The molecule has 2 aromatic rings. The Morgan fingerprint density at radius 1 is 1.38 bits per heavy atom. The number of aromatic nitrogens is 1. The molecule has 0 spiro atoms. The summed E-state index contributed by atoms with van der Waals surface area (Å²) in [6, 6.07) is 8.04. The van der Waals surface area contributed by atoms with Crippen LogP contribution in [0.15, 0.2) is 29.3 Å². The quantitative estimate of drug-likeness (QED) is 0.667. The standard InChI is InChI=1S/C16H22N4S/c1-10(2)15-12(4)21-14(20-15)9-18-16(17)19-13-7-5-6-11(3)8-13/h5-8,10H,9H2,1-4H3,(H3,17,18,19). The van der Waals surface area contributed by atoms with Crippen molar-refractivity contribution in [3.8, 4) is 0 Å². The van der Waals surface area contributed by atoms with Gasteiger partial charge in [0, 0.05) is 10.6 Å². The molecular formula is C16H22N4S. The van der Waals surface area contributed by atoms with E-state index in [9.17, 15) is 0 Å². The minimum absolute atomic E-state index is 0.416. The average Bonchev–Trinajstić information content (AvgIpc) is 2.78. The Bertz CT molecular complexity index is 643. The van der Waals surface area contributed by atoms with E-state index in [1.54, 1.807) is 11.3 Å². The maximum Gasteiger partial charge on any atom is 0.193 e. The molecule has 0 radical (unpaired) electrons. The summed E-state index contributed by atoms with van der Waals surface area (Å²) in [5.41, 5.74) is 9.22. The molecule has 5 heteroatoms. The van der Waals surface area contributed by atoms with Gasteiger partial charge in [-0.2, -0.15) is 0 Å². The Hall–Kier alpha value is -1.88. The van der Waals surface area contributed by atoms with E-state index in [0.717, 1.165) is 16.4 Å². The van der Waals surface area contributed by atoms with Gasteiger partial charge in [-0.1, -0.05) is 26.0 Å². The SMILES string of the molecule is Cc1cccc(NC(N)=NCc2nc(C(C)C)c(C)s2)c1. The van der Waals surface area contributed by atoms with Crippen molar-refractivity contribution in [2.75, 3.05) is 5.32 Å². The van der Waals surface area contributed by atoms with Crippen LogP contribution >= 0.6 is 11.3 Å². The third kappa shape index (κ3) is 4.29. The van der Waals surface area contributed by atoms with Crippen molar-refractivity contribution in [1.29, 1.82) is 0 Å². The van der Waals surface area contributed by atoms with Crippen molar-refractivity contribution in [1.82, 2.24) is 4.98 Å². The van der Waals surface area contributed by atoms with Crippen LogP contribution in [0.25, 0.3) is 0 Å². The Morgan fingerprint density at radius 3 is 2.76 bits per heavy atom. The zero-order valence-corrected chi connectivity index (χ0v) is 13.8. The molecule has 0 unspecified atom stereocenters. The molecule has 0 fully saturated rings. The Labute approximate surface area is 130 Å². The number of hydrogen-bond donors (Lipinski definition) is 2. The number of aryl methyl sites for hydroxylation is 2. The molecule has 0 bridgehead atoms. The van der Waals surface area contributed by atoms with Gasteiger partial charge in [0.2, 0.25) is 0 Å². The summed E-state index contributed by atoms with van der Waals surface area (Å²) in [7, 11) is 0. The van der Waals surface area contributed by atoms with E-state index >= 15 is 0 Å². The summed E-state index contributed by atoms with van der Waals surface area (Å²) in [5.74, 6) is 0.862. The highest BCUT2D eigenvalue weighted by Crippen LogP contribution is 2.24. The van der Waals surface area contributed by atoms with Crippen molar-refractivity contribution in [3.05, 3.63) is 45.4 Å². The lowest BCUT2D eigenvalue weighted by Crippen LogP contribution is -2.22. The second kappa shape index (κ2) is 6.72. The molecule has 0 aliphatic rings. The Morgan fingerprint density at radius 2 is 2.14 bits per heavy atom. The summed E-state index contributed by atoms with van der Waals surface area (Å²) >= 11 is 1.69. The van der Waals surface area contributed by atoms with Gasteiger partial charge < -0.3 is 11.1 Å². The van der Waals surface area contributed by atoms with E-state index in [2.05, 4.69) is 36.1 Å². The predicted molar refractivity (Wildman–Crippen MR) is 91.1 cm³/mol. The molecule has 1 heterocycles. The third-order valence-electron chi connectivity index (χ3n) is 3.10. The highest BCUT2D eigenvalue weighted by Gasteiger charge is 2.10. The van der Waals surface area contributed by atoms with Gasteiger partial charge in [-0.05, 0) is 37.5 Å². The van der Waals surface area contributed by atoms with Crippen LogP contribution in [0.5, 0.6) is 0 Å². The van der Waals surface area contributed by atoms with Crippen LogP contribution in [0.1, 0.15) is 40.9 Å². The van der Waals surface area contributed by atoms with Gasteiger partial charge in [0.15, 0.2) is 5.96 Å². The third-order valence-corrected chi connectivity index (χ3v) is 4.07.